The molecule has 4 atom stereocenters. The Labute approximate surface area is 388 Å². The van der Waals surface area contributed by atoms with Crippen LogP contribution < -0.4 is 24.0 Å². The quantitative estimate of drug-likeness (QED) is 0.102. The molecule has 66 heavy (non-hydrogen) atoms. The van der Waals surface area contributed by atoms with Crippen molar-refractivity contribution in [1.82, 2.24) is 29.7 Å². The fraction of sp³-hybridized carbons (Fsp3) is 0.367. The normalized spacial score (nSPS) is 18.2. The van der Waals surface area contributed by atoms with Gasteiger partial charge in [0.15, 0.2) is 12.0 Å². The fourth-order valence-corrected chi connectivity index (χ4v) is 10.1. The van der Waals surface area contributed by atoms with Gasteiger partial charge in [-0.3, -0.25) is 4.21 Å². The first-order chi connectivity index (χ1) is 32.0. The lowest BCUT2D eigenvalue weighted by Crippen LogP contribution is -2.40. The van der Waals surface area contributed by atoms with Crippen molar-refractivity contribution >= 4 is 55.8 Å². The monoisotopic (exact) mass is 934 g/mol. The molecule has 2 unspecified atom stereocenters. The predicted molar refractivity (Wildman–Crippen MR) is 250 cm³/mol. The number of hydrogen-bond donors (Lipinski definition) is 0. The Bertz CT molecular complexity index is 2940. The van der Waals surface area contributed by atoms with Crippen molar-refractivity contribution in [2.45, 2.75) is 88.4 Å². The number of hydrogen-bond acceptors (Lipinski definition) is 12. The van der Waals surface area contributed by atoms with E-state index in [-0.39, 0.29) is 52.2 Å². The molecule has 7 aromatic rings. The van der Waals surface area contributed by atoms with Crippen LogP contribution in [0.2, 0.25) is 5.02 Å². The van der Waals surface area contributed by atoms with E-state index in [1.807, 2.05) is 78.0 Å². The number of benzene rings is 3. The lowest BCUT2D eigenvalue weighted by molar-refractivity contribution is -0.0366. The van der Waals surface area contributed by atoms with Gasteiger partial charge in [-0.05, 0) is 105 Å². The highest BCUT2D eigenvalue weighted by molar-refractivity contribution is 7.84. The molecule has 1 aliphatic carbocycles. The van der Waals surface area contributed by atoms with Crippen molar-refractivity contribution in [1.29, 1.82) is 0 Å². The average molecular weight is 935 g/mol. The number of halogens is 3. The highest BCUT2D eigenvalue weighted by atomic mass is 35.5. The molecular formula is C49H49ClF2N8O5S. The summed E-state index contributed by atoms with van der Waals surface area (Å²) in [6, 6.07) is 17.8. The summed E-state index contributed by atoms with van der Waals surface area (Å²) in [7, 11) is 1.50. The number of aromatic nitrogens is 6. The minimum atomic E-state index is -1.74. The van der Waals surface area contributed by atoms with Crippen LogP contribution >= 0.6 is 11.6 Å². The van der Waals surface area contributed by atoms with Crippen LogP contribution in [0.1, 0.15) is 86.4 Å². The minimum absolute atomic E-state index is 0.00646. The van der Waals surface area contributed by atoms with E-state index >= 15 is 8.78 Å². The van der Waals surface area contributed by atoms with Crippen molar-refractivity contribution in [3.8, 4) is 28.6 Å². The van der Waals surface area contributed by atoms with Crippen molar-refractivity contribution in [2.24, 2.45) is 0 Å². The summed E-state index contributed by atoms with van der Waals surface area (Å²) in [4.78, 5) is 23.3. The number of methoxy groups -OCH3 is 2. The second kappa shape index (κ2) is 18.0. The molecule has 0 radical (unpaired) electrons. The Morgan fingerprint density at radius 1 is 0.939 bits per heavy atom. The van der Waals surface area contributed by atoms with Gasteiger partial charge in [-0.15, -0.1) is 0 Å². The van der Waals surface area contributed by atoms with Crippen LogP contribution in [0, 0.1) is 11.6 Å². The summed E-state index contributed by atoms with van der Waals surface area (Å²) in [6.07, 6.45) is 8.64. The zero-order valence-corrected chi connectivity index (χ0v) is 38.8. The third kappa shape index (κ3) is 8.17. The van der Waals surface area contributed by atoms with Gasteiger partial charge in [-0.1, -0.05) is 35.9 Å². The third-order valence-corrected chi connectivity index (χ3v) is 13.8. The maximum absolute atomic E-state index is 17.9. The highest BCUT2D eigenvalue weighted by Gasteiger charge is 2.38. The van der Waals surface area contributed by atoms with E-state index in [1.54, 1.807) is 20.4 Å². The Hall–Kier alpha value is -5.97. The molecule has 13 nitrogen and oxygen atoms in total. The Morgan fingerprint density at radius 2 is 1.64 bits per heavy atom. The Morgan fingerprint density at radius 3 is 2.26 bits per heavy atom. The van der Waals surface area contributed by atoms with E-state index < -0.39 is 34.5 Å². The largest absolute Gasteiger partial charge is 0.497 e. The van der Waals surface area contributed by atoms with Gasteiger partial charge in [-0.25, -0.2) is 33.4 Å². The molecule has 0 N–H and O–H groups in total. The fourth-order valence-electron chi connectivity index (χ4n) is 9.36. The van der Waals surface area contributed by atoms with E-state index in [0.717, 1.165) is 60.3 Å². The first-order valence-electron chi connectivity index (χ1n) is 22.1. The van der Waals surface area contributed by atoms with Crippen molar-refractivity contribution in [3.05, 3.63) is 112 Å². The molecule has 2 aliphatic heterocycles. The second-order valence-electron chi connectivity index (χ2n) is 17.2. The Kier molecular flexibility index (Phi) is 12.0. The van der Waals surface area contributed by atoms with Crippen molar-refractivity contribution in [2.75, 3.05) is 43.5 Å². The van der Waals surface area contributed by atoms with Crippen LogP contribution in [0.15, 0.2) is 78.2 Å². The maximum atomic E-state index is 17.9. The number of pyridine rings is 2. The molecule has 2 fully saturated rings. The van der Waals surface area contributed by atoms with E-state index in [4.69, 9.17) is 50.6 Å². The smallest absolute Gasteiger partial charge is 0.227 e. The number of nitrogens with zero attached hydrogens (tertiary/aromatic N) is 8. The van der Waals surface area contributed by atoms with Crippen LogP contribution in [0.4, 0.5) is 20.4 Å². The lowest BCUT2D eigenvalue weighted by atomic mass is 9.95. The van der Waals surface area contributed by atoms with Gasteiger partial charge >= 0.3 is 0 Å². The number of anilines is 2. The summed E-state index contributed by atoms with van der Waals surface area (Å²) in [5.41, 5.74) is 4.41. The van der Waals surface area contributed by atoms with Crippen LogP contribution in [0.5, 0.6) is 17.4 Å². The minimum Gasteiger partial charge on any atom is -0.497 e. The molecule has 17 heteroatoms. The van der Waals surface area contributed by atoms with Gasteiger partial charge in [0, 0.05) is 47.5 Å². The average Bonchev–Trinajstić information content (AvgIpc) is 4.11. The van der Waals surface area contributed by atoms with Gasteiger partial charge in [-0.2, -0.15) is 5.10 Å². The number of fused-ring (bicyclic) bond motifs is 1. The molecule has 3 aliphatic rings. The zero-order chi connectivity index (χ0) is 45.8. The molecule has 342 valence electrons. The van der Waals surface area contributed by atoms with E-state index in [9.17, 15) is 4.21 Å². The molecule has 1 saturated heterocycles. The summed E-state index contributed by atoms with van der Waals surface area (Å²) in [5.74, 6) is 1.16. The van der Waals surface area contributed by atoms with E-state index in [1.165, 1.54) is 18.5 Å². The molecule has 4 aromatic heterocycles. The predicted octanol–water partition coefficient (Wildman–Crippen LogP) is 10.3. The summed E-state index contributed by atoms with van der Waals surface area (Å²) in [5, 5.41) is 6.07. The van der Waals surface area contributed by atoms with Crippen LogP contribution in [0.3, 0.4) is 0 Å². The van der Waals surface area contributed by atoms with E-state index in [0.29, 0.717) is 52.6 Å². The van der Waals surface area contributed by atoms with Crippen molar-refractivity contribution < 1.29 is 31.9 Å². The Balaban J connectivity index is 1.13. The first kappa shape index (κ1) is 43.9. The van der Waals surface area contributed by atoms with Crippen LogP contribution in [-0.4, -0.2) is 73.7 Å². The molecule has 3 aromatic carbocycles. The van der Waals surface area contributed by atoms with Gasteiger partial charge in [0.25, 0.3) is 0 Å². The van der Waals surface area contributed by atoms with Gasteiger partial charge in [0.2, 0.25) is 11.0 Å². The molecule has 0 amide bonds. The zero-order valence-electron chi connectivity index (χ0n) is 37.3. The summed E-state index contributed by atoms with van der Waals surface area (Å²) >= 11 is 7.15. The maximum Gasteiger partial charge on any atom is 0.227 e. The van der Waals surface area contributed by atoms with Gasteiger partial charge < -0.3 is 28.7 Å². The van der Waals surface area contributed by atoms with Crippen LogP contribution in [-0.2, 0) is 28.6 Å². The van der Waals surface area contributed by atoms with Gasteiger partial charge in [0.05, 0.1) is 55.0 Å². The standard InChI is InChI=1S/C49H49ClF2N8O5S/c1-27-26-65-48-42-45(43(52)44(55-48)41-36-23-54-60(39-8-6-7-19-64-39)38(36)21-37(50)40(41)31-13-14-31)56-49(66(5)61)57-47(42)59(27)28(2)35-20-32(51)22-53-46(35)58(24-29-9-15-33(62-3)16-10-29)25-30-11-17-34(63-4)18-12-30/h9-12,15-18,20-23,27-28,31,39H,6-8,13-14,19,24-26H2,1-5H3/t27-,28+,39?,66?/m0/s1. The topological polar surface area (TPSA) is 130 Å². The summed E-state index contributed by atoms with van der Waals surface area (Å²) in [6.45, 7) is 5.41. The highest BCUT2D eigenvalue weighted by Crippen LogP contribution is 2.52. The molecule has 0 bridgehead atoms. The lowest BCUT2D eigenvalue weighted by Gasteiger charge is -2.37. The molecule has 0 spiro atoms. The third-order valence-electron chi connectivity index (χ3n) is 12.8. The molecule has 1 saturated carbocycles. The molecule has 6 heterocycles. The molecule has 10 rings (SSSR count). The number of ether oxygens (including phenoxy) is 4. The SMILES string of the molecule is COc1ccc(CN(Cc2ccc(OC)cc2)c2ncc(F)cc2[C@@H](C)N2c3nc(S(C)=O)nc4c(F)c(-c5c(C6CC6)c(Cl)cc6c5cnn6C5CCCCO5)nc(c34)OC[C@@H]2C)cc1. The van der Waals surface area contributed by atoms with Crippen LogP contribution in [0.25, 0.3) is 33.1 Å². The molecular weight excluding hydrogens is 886 g/mol. The van der Waals surface area contributed by atoms with Crippen molar-refractivity contribution in [3.63, 3.8) is 0 Å². The second-order valence-corrected chi connectivity index (χ2v) is 18.9. The van der Waals surface area contributed by atoms with E-state index in [2.05, 4.69) is 9.88 Å². The summed E-state index contributed by atoms with van der Waals surface area (Å²) < 4.78 is 72.4. The number of rotatable bonds is 13. The first-order valence-corrected chi connectivity index (χ1v) is 24.1. The van der Waals surface area contributed by atoms with Gasteiger partial charge in [0.1, 0.15) is 52.2 Å².